The lowest BCUT2D eigenvalue weighted by Gasteiger charge is -2.12. The van der Waals surface area contributed by atoms with Gasteiger partial charge in [-0.2, -0.15) is 0 Å². The molecule has 2 aromatic rings. The smallest absolute Gasteiger partial charge is 0.132 e. The van der Waals surface area contributed by atoms with Gasteiger partial charge in [0.05, 0.1) is 0 Å². The van der Waals surface area contributed by atoms with E-state index in [0.717, 1.165) is 13.0 Å². The van der Waals surface area contributed by atoms with Crippen LogP contribution in [0.15, 0.2) is 42.5 Å². The van der Waals surface area contributed by atoms with E-state index in [9.17, 15) is 0 Å². The van der Waals surface area contributed by atoms with Crippen LogP contribution in [0.2, 0.25) is 0 Å². The number of nitrogens with one attached hydrogen (secondary N) is 1. The summed E-state index contributed by atoms with van der Waals surface area (Å²) < 4.78 is 0. The van der Waals surface area contributed by atoms with Gasteiger partial charge in [0.25, 0.3) is 0 Å². The van der Waals surface area contributed by atoms with E-state index in [2.05, 4.69) is 41.5 Å². The van der Waals surface area contributed by atoms with Crippen LogP contribution < -0.4 is 16.1 Å². The van der Waals surface area contributed by atoms with E-state index in [4.69, 9.17) is 22.8 Å². The normalized spacial score (nSPS) is 11.9. The van der Waals surface area contributed by atoms with E-state index >= 15 is 0 Å². The minimum Gasteiger partial charge on any atom is -0.280 e. The van der Waals surface area contributed by atoms with Gasteiger partial charge >= 0.3 is 0 Å². The molecule has 0 saturated heterocycles. The summed E-state index contributed by atoms with van der Waals surface area (Å²) in [6.45, 7) is -1.56. The van der Waals surface area contributed by atoms with Crippen molar-refractivity contribution >= 4 is 29.1 Å². The third-order valence-electron chi connectivity index (χ3n) is 2.63. The minimum absolute atomic E-state index is 0.721. The Hall–Kier alpha value is -0.770. The van der Waals surface area contributed by atoms with Gasteiger partial charge in [-0.25, -0.2) is 0 Å². The monoisotopic (exact) mass is 265 g/mol. The summed E-state index contributed by atoms with van der Waals surface area (Å²) in [5.74, 6) is 0. The highest BCUT2D eigenvalue weighted by Crippen LogP contribution is 2.21. The van der Waals surface area contributed by atoms with Crippen molar-refractivity contribution in [1.82, 2.24) is 5.09 Å². The second kappa shape index (κ2) is 5.25. The molecular formula is C12H16N3PS. The van der Waals surface area contributed by atoms with Crippen molar-refractivity contribution < 1.29 is 0 Å². The molecule has 0 bridgehead atoms. The number of fused-ring (bicyclic) bond motifs is 1. The van der Waals surface area contributed by atoms with Gasteiger partial charge in [-0.1, -0.05) is 42.5 Å². The zero-order valence-corrected chi connectivity index (χ0v) is 11.2. The highest BCUT2D eigenvalue weighted by atomic mass is 32.4. The van der Waals surface area contributed by atoms with E-state index < -0.39 is 6.49 Å². The Kier molecular flexibility index (Phi) is 3.92. The van der Waals surface area contributed by atoms with Crippen LogP contribution in [0.25, 0.3) is 10.8 Å². The number of rotatable bonds is 4. The molecule has 0 aromatic heterocycles. The fraction of sp³-hybridized carbons (Fsp3) is 0.167. The van der Waals surface area contributed by atoms with E-state index in [1.807, 2.05) is 6.07 Å². The molecule has 0 radical (unpaired) electrons. The highest BCUT2D eigenvalue weighted by molar-refractivity contribution is 8.11. The number of benzene rings is 2. The lowest BCUT2D eigenvalue weighted by molar-refractivity contribution is 0.899. The molecule has 0 aliphatic heterocycles. The molecule has 0 amide bonds. The number of hydrogen-bond donors (Lipinski definition) is 3. The molecule has 0 saturated carbocycles. The molecule has 5 heteroatoms. The van der Waals surface area contributed by atoms with Crippen molar-refractivity contribution in [1.29, 1.82) is 0 Å². The summed E-state index contributed by atoms with van der Waals surface area (Å²) in [6, 6.07) is 14.6. The third-order valence-corrected chi connectivity index (χ3v) is 3.74. The zero-order valence-electron chi connectivity index (χ0n) is 9.47. The molecule has 0 unspecified atom stereocenters. The predicted octanol–water partition coefficient (Wildman–Crippen LogP) is 2.11. The molecule has 90 valence electrons. The van der Waals surface area contributed by atoms with Crippen LogP contribution in [0.4, 0.5) is 0 Å². The molecule has 0 fully saturated rings. The zero-order chi connectivity index (χ0) is 12.3. The lowest BCUT2D eigenvalue weighted by atomic mass is 10.0. The van der Waals surface area contributed by atoms with E-state index in [1.165, 1.54) is 16.3 Å². The molecule has 0 atom stereocenters. The standard InChI is InChI=1S/C12H16N3PS/c13-16(14,17)15-9-8-11-6-3-5-10-4-1-2-7-12(10)11/h1-7H,8-9H2,(H5,13,14,15,17). The quantitative estimate of drug-likeness (QED) is 0.741. The van der Waals surface area contributed by atoms with E-state index in [1.54, 1.807) is 0 Å². The second-order valence-corrected chi connectivity index (χ2v) is 7.55. The molecule has 2 aromatic carbocycles. The average Bonchev–Trinajstić information content (AvgIpc) is 2.28. The van der Waals surface area contributed by atoms with Gasteiger partial charge in [0.15, 0.2) is 0 Å². The SMILES string of the molecule is NP(N)(=S)NCCc1cccc2ccccc12. The molecule has 0 spiro atoms. The number of nitrogens with two attached hydrogens (primary N) is 2. The van der Waals surface area contributed by atoms with Crippen molar-refractivity contribution in [2.45, 2.75) is 6.42 Å². The van der Waals surface area contributed by atoms with Crippen molar-refractivity contribution in [2.24, 2.45) is 11.0 Å². The second-order valence-electron chi connectivity index (χ2n) is 4.01. The van der Waals surface area contributed by atoms with Gasteiger partial charge in [0.1, 0.15) is 6.49 Å². The van der Waals surface area contributed by atoms with Gasteiger partial charge in [0.2, 0.25) is 0 Å². The Morgan fingerprint density at radius 2 is 1.76 bits per heavy atom. The first kappa shape index (κ1) is 12.7. The maximum atomic E-state index is 5.60. The number of hydrogen-bond acceptors (Lipinski definition) is 1. The Bertz CT molecular complexity index is 559. The first-order chi connectivity index (χ1) is 8.06. The van der Waals surface area contributed by atoms with Gasteiger partial charge in [-0.05, 0) is 34.6 Å². The highest BCUT2D eigenvalue weighted by Gasteiger charge is 2.03. The first-order valence-electron chi connectivity index (χ1n) is 5.45. The van der Waals surface area contributed by atoms with Gasteiger partial charge in [-0.3, -0.25) is 16.1 Å². The van der Waals surface area contributed by atoms with Crippen LogP contribution in [-0.4, -0.2) is 6.54 Å². The van der Waals surface area contributed by atoms with Gasteiger partial charge in [0, 0.05) is 6.54 Å². The fourth-order valence-electron chi connectivity index (χ4n) is 1.88. The maximum absolute atomic E-state index is 5.60. The van der Waals surface area contributed by atoms with Crippen molar-refractivity contribution in [2.75, 3.05) is 6.54 Å². The Balaban J connectivity index is 2.16. The molecule has 3 nitrogen and oxygen atoms in total. The van der Waals surface area contributed by atoms with Crippen LogP contribution >= 0.6 is 6.49 Å². The fourth-order valence-corrected chi connectivity index (χ4v) is 2.61. The van der Waals surface area contributed by atoms with E-state index in [-0.39, 0.29) is 0 Å². The molecule has 0 aliphatic carbocycles. The summed E-state index contributed by atoms with van der Waals surface area (Å²) in [7, 11) is 0. The van der Waals surface area contributed by atoms with Gasteiger partial charge < -0.3 is 0 Å². The van der Waals surface area contributed by atoms with E-state index in [0.29, 0.717) is 0 Å². The van der Waals surface area contributed by atoms with Crippen molar-refractivity contribution in [3.63, 3.8) is 0 Å². The predicted molar refractivity (Wildman–Crippen MR) is 78.3 cm³/mol. The largest absolute Gasteiger partial charge is 0.280 e. The molecule has 0 aliphatic rings. The van der Waals surface area contributed by atoms with Crippen LogP contribution in [0.3, 0.4) is 0 Å². The Morgan fingerprint density at radius 3 is 2.53 bits per heavy atom. The average molecular weight is 265 g/mol. The lowest BCUT2D eigenvalue weighted by Crippen LogP contribution is -2.23. The van der Waals surface area contributed by atoms with Crippen molar-refractivity contribution in [3.8, 4) is 0 Å². The van der Waals surface area contributed by atoms with Crippen LogP contribution in [-0.2, 0) is 18.2 Å². The first-order valence-corrected chi connectivity index (χ1v) is 8.39. The summed E-state index contributed by atoms with van der Waals surface area (Å²) in [4.78, 5) is 0. The van der Waals surface area contributed by atoms with Crippen LogP contribution in [0.1, 0.15) is 5.56 Å². The topological polar surface area (TPSA) is 64.1 Å². The molecule has 17 heavy (non-hydrogen) atoms. The maximum Gasteiger partial charge on any atom is 0.132 e. The summed E-state index contributed by atoms with van der Waals surface area (Å²) in [5.41, 5.74) is 12.5. The van der Waals surface area contributed by atoms with Crippen LogP contribution in [0, 0.1) is 0 Å². The van der Waals surface area contributed by atoms with Crippen LogP contribution in [0.5, 0.6) is 0 Å². The molecule has 0 heterocycles. The third kappa shape index (κ3) is 3.60. The van der Waals surface area contributed by atoms with Crippen molar-refractivity contribution in [3.05, 3.63) is 48.0 Å². The summed E-state index contributed by atoms with van der Waals surface area (Å²) >= 11 is 4.95. The Labute approximate surface area is 106 Å². The minimum atomic E-state index is -2.28. The Morgan fingerprint density at radius 1 is 1.06 bits per heavy atom. The molecule has 2 rings (SSSR count). The summed E-state index contributed by atoms with van der Waals surface area (Å²) in [6.07, 6.45) is 0.883. The summed E-state index contributed by atoms with van der Waals surface area (Å²) in [5, 5.41) is 5.55. The van der Waals surface area contributed by atoms with Gasteiger partial charge in [-0.15, -0.1) is 0 Å². The molecular weight excluding hydrogens is 249 g/mol. The molecule has 5 N–H and O–H groups in total.